The van der Waals surface area contributed by atoms with E-state index in [2.05, 4.69) is 0 Å². The summed E-state index contributed by atoms with van der Waals surface area (Å²) in [5.41, 5.74) is 0. The average Bonchev–Trinajstić information content (AvgIpc) is 2.01. The molecule has 18 heavy (non-hydrogen) atoms. The van der Waals surface area contributed by atoms with Crippen LogP contribution >= 0.6 is 0 Å². The Hall–Kier alpha value is 0.274. The van der Waals surface area contributed by atoms with Crippen molar-refractivity contribution >= 4 is 19.5 Å². The second kappa shape index (κ2) is 30.4. The summed E-state index contributed by atoms with van der Waals surface area (Å²) >= 11 is 0. The van der Waals surface area contributed by atoms with Gasteiger partial charge in [-0.2, -0.15) is 0 Å². The standard InChI is InChI=1S/4C3H8O.H6Si2/c4*1-3(2)4;1-2/h4*3-4H,1-2H3;1-2H3. The van der Waals surface area contributed by atoms with E-state index in [4.69, 9.17) is 20.4 Å². The normalized spacial score (nSPS) is 8.67. The van der Waals surface area contributed by atoms with Gasteiger partial charge < -0.3 is 20.4 Å². The summed E-state index contributed by atoms with van der Waals surface area (Å²) in [4.78, 5) is 0. The van der Waals surface area contributed by atoms with Gasteiger partial charge in [-0.1, -0.05) is 0 Å². The average molecular weight is 303 g/mol. The van der Waals surface area contributed by atoms with Gasteiger partial charge in [0.15, 0.2) is 0 Å². The van der Waals surface area contributed by atoms with Gasteiger partial charge in [0.25, 0.3) is 0 Å². The molecule has 0 radical (unpaired) electrons. The Labute approximate surface area is 120 Å². The van der Waals surface area contributed by atoms with Crippen molar-refractivity contribution in [2.45, 2.75) is 79.8 Å². The number of hydrogen-bond acceptors (Lipinski definition) is 4. The molecule has 0 aromatic carbocycles. The summed E-state index contributed by atoms with van der Waals surface area (Å²) in [5.74, 6) is 0. The Morgan fingerprint density at radius 1 is 0.444 bits per heavy atom. The Balaban J connectivity index is -0.0000000399. The molecule has 0 amide bonds. The first kappa shape index (κ1) is 30.9. The number of aliphatic hydroxyl groups excluding tert-OH is 4. The van der Waals surface area contributed by atoms with E-state index in [9.17, 15) is 0 Å². The Morgan fingerprint density at radius 3 is 0.444 bits per heavy atom. The van der Waals surface area contributed by atoms with E-state index in [0.717, 1.165) is 0 Å². The fourth-order valence-electron chi connectivity index (χ4n) is 0. The zero-order valence-electron chi connectivity index (χ0n) is 14.1. The van der Waals surface area contributed by atoms with E-state index in [1.807, 2.05) is 0 Å². The predicted molar refractivity (Wildman–Crippen MR) is 89.3 cm³/mol. The first-order chi connectivity index (χ1) is 7.93. The van der Waals surface area contributed by atoms with Crippen molar-refractivity contribution in [2.75, 3.05) is 0 Å². The van der Waals surface area contributed by atoms with Crippen molar-refractivity contribution in [3.63, 3.8) is 0 Å². The van der Waals surface area contributed by atoms with Gasteiger partial charge in [0.05, 0.1) is 0 Å². The third-order valence-corrected chi connectivity index (χ3v) is 0. The molecule has 0 aliphatic carbocycles. The Kier molecular flexibility index (Phi) is 52.2. The van der Waals surface area contributed by atoms with Crippen molar-refractivity contribution in [2.24, 2.45) is 0 Å². The molecular weight excluding hydrogens is 264 g/mol. The molecule has 0 unspecified atom stereocenters. The van der Waals surface area contributed by atoms with Crippen LogP contribution in [0.25, 0.3) is 0 Å². The third kappa shape index (κ3) is 50700. The van der Waals surface area contributed by atoms with Crippen molar-refractivity contribution in [1.82, 2.24) is 0 Å². The monoisotopic (exact) mass is 302 g/mol. The fraction of sp³-hybridized carbons (Fsp3) is 1.00. The molecule has 118 valence electrons. The summed E-state index contributed by atoms with van der Waals surface area (Å²) in [6.07, 6.45) is -0.667. The molecule has 0 aromatic rings. The lowest BCUT2D eigenvalue weighted by Gasteiger charge is -1.80. The molecule has 4 nitrogen and oxygen atoms in total. The van der Waals surface area contributed by atoms with Crippen LogP contribution in [0.2, 0.25) is 0 Å². The zero-order chi connectivity index (χ0) is 16.3. The third-order valence-electron chi connectivity index (χ3n) is 0. The van der Waals surface area contributed by atoms with Gasteiger partial charge in [0.1, 0.15) is 0 Å². The molecule has 0 aromatic heterocycles. The highest BCUT2D eigenvalue weighted by molar-refractivity contribution is 6.75. The smallest absolute Gasteiger partial charge is 0.0483 e. The van der Waals surface area contributed by atoms with Crippen LogP contribution in [0.5, 0.6) is 0 Å². The van der Waals surface area contributed by atoms with Gasteiger partial charge in [0, 0.05) is 24.4 Å². The molecule has 6 heteroatoms. The molecule has 0 atom stereocenters. The number of rotatable bonds is 0. The Bertz CT molecular complexity index is 65.1. The number of hydrogen-bond donors (Lipinski definition) is 4. The topological polar surface area (TPSA) is 80.9 Å². The summed E-state index contributed by atoms with van der Waals surface area (Å²) < 4.78 is 0. The highest BCUT2D eigenvalue weighted by Gasteiger charge is 1.70. The predicted octanol–water partition coefficient (Wildman–Crippen LogP) is -0.819. The molecule has 0 fully saturated rings. The maximum absolute atomic E-state index is 8.06. The molecule has 0 aliphatic heterocycles. The fourth-order valence-corrected chi connectivity index (χ4v) is 0. The molecule has 0 rings (SSSR count). The zero-order valence-corrected chi connectivity index (χ0v) is 18.1. The van der Waals surface area contributed by atoms with Crippen molar-refractivity contribution in [1.29, 1.82) is 0 Å². The minimum Gasteiger partial charge on any atom is -0.394 e. The molecule has 0 spiro atoms. The SMILES string of the molecule is CC(C)O.CC(C)O.CC(C)O.CC(C)O.[SiH3][SiH3]. The molecule has 0 aliphatic rings. The molecule has 4 N–H and O–H groups in total. The molecule has 0 bridgehead atoms. The highest BCUT2D eigenvalue weighted by Crippen LogP contribution is 1.66. The van der Waals surface area contributed by atoms with Crippen LogP contribution in [0.4, 0.5) is 0 Å². The van der Waals surface area contributed by atoms with E-state index >= 15 is 0 Å². The summed E-state index contributed by atoms with van der Waals surface area (Å²) in [7, 11) is 2.89. The van der Waals surface area contributed by atoms with Gasteiger partial charge in [-0.3, -0.25) is 0 Å². The van der Waals surface area contributed by atoms with Gasteiger partial charge >= 0.3 is 0 Å². The summed E-state index contributed by atoms with van der Waals surface area (Å²) in [5, 5.41) is 32.2. The van der Waals surface area contributed by atoms with Crippen LogP contribution in [0.1, 0.15) is 55.4 Å². The minimum absolute atomic E-state index is 0.167. The van der Waals surface area contributed by atoms with Crippen LogP contribution in [0, 0.1) is 0 Å². The van der Waals surface area contributed by atoms with Crippen molar-refractivity contribution < 1.29 is 20.4 Å². The maximum Gasteiger partial charge on any atom is 0.0483 e. The van der Waals surface area contributed by atoms with E-state index in [1.54, 1.807) is 55.4 Å². The maximum atomic E-state index is 8.06. The van der Waals surface area contributed by atoms with E-state index in [-0.39, 0.29) is 24.4 Å². The van der Waals surface area contributed by atoms with E-state index < -0.39 is 0 Å². The first-order valence-electron chi connectivity index (χ1n) is 6.65. The lowest BCUT2D eigenvalue weighted by Crippen LogP contribution is -1.85. The van der Waals surface area contributed by atoms with Crippen LogP contribution in [-0.4, -0.2) is 64.4 Å². The van der Waals surface area contributed by atoms with Gasteiger partial charge in [-0.15, -0.1) is 0 Å². The highest BCUT2D eigenvalue weighted by atomic mass is 29.1. The van der Waals surface area contributed by atoms with Crippen LogP contribution in [0.3, 0.4) is 0 Å². The molecule has 0 saturated carbocycles. The lowest BCUT2D eigenvalue weighted by atomic mass is 10.5. The van der Waals surface area contributed by atoms with Crippen molar-refractivity contribution in [3.05, 3.63) is 0 Å². The van der Waals surface area contributed by atoms with Gasteiger partial charge in [0.2, 0.25) is 0 Å². The molecular formula is C12H38O4Si2. The van der Waals surface area contributed by atoms with Crippen LogP contribution in [0.15, 0.2) is 0 Å². The van der Waals surface area contributed by atoms with Gasteiger partial charge in [-0.05, 0) is 74.9 Å². The van der Waals surface area contributed by atoms with Crippen LogP contribution < -0.4 is 0 Å². The van der Waals surface area contributed by atoms with E-state index in [1.165, 1.54) is 19.5 Å². The lowest BCUT2D eigenvalue weighted by molar-refractivity contribution is 0.215. The largest absolute Gasteiger partial charge is 0.394 e. The quantitative estimate of drug-likeness (QED) is 0.441. The Morgan fingerprint density at radius 2 is 0.444 bits per heavy atom. The van der Waals surface area contributed by atoms with Crippen LogP contribution in [-0.2, 0) is 0 Å². The number of aliphatic hydroxyl groups is 4. The second-order valence-electron chi connectivity index (χ2n) is 4.37. The van der Waals surface area contributed by atoms with Gasteiger partial charge in [-0.25, -0.2) is 0 Å². The van der Waals surface area contributed by atoms with E-state index in [0.29, 0.717) is 0 Å². The first-order valence-corrected chi connectivity index (χ1v) is 14.7. The molecule has 0 saturated heterocycles. The molecule has 0 heterocycles. The van der Waals surface area contributed by atoms with Crippen molar-refractivity contribution in [3.8, 4) is 0 Å². The summed E-state index contributed by atoms with van der Waals surface area (Å²) in [6, 6.07) is 0. The minimum atomic E-state index is -0.167. The second-order valence-corrected chi connectivity index (χ2v) is 4.37. The summed E-state index contributed by atoms with van der Waals surface area (Å²) in [6.45, 7) is 13.8.